The molecule has 0 fully saturated rings. The summed E-state index contributed by atoms with van der Waals surface area (Å²) < 4.78 is 6.54. The second kappa shape index (κ2) is 12.2. The molecule has 4 heteroatoms. The van der Waals surface area contributed by atoms with Crippen molar-refractivity contribution in [3.05, 3.63) is 186 Å². The number of aryl methyl sites for hydroxylation is 1. The van der Waals surface area contributed by atoms with E-state index in [0.29, 0.717) is 11.6 Å². The third kappa shape index (κ3) is 5.01. The third-order valence-corrected chi connectivity index (χ3v) is 12.0. The van der Waals surface area contributed by atoms with E-state index in [9.17, 15) is 0 Å². The first kappa shape index (κ1) is 31.8. The highest BCUT2D eigenvalue weighted by molar-refractivity contribution is 6.13. The van der Waals surface area contributed by atoms with Crippen LogP contribution in [-0.4, -0.2) is 15.0 Å². The SMILES string of the molecule is CC1(C)c2ccccc2-c2cc3c(cc21)-c1ccccc1C(c1nc(-c2ccccc2)nc(-c2ccc4c(c2)oc2cccc(-c5ccccc5)c24)n1)CC3. The largest absolute Gasteiger partial charge is 0.456 e. The molecule has 0 bridgehead atoms. The maximum atomic E-state index is 6.54. The van der Waals surface area contributed by atoms with Crippen molar-refractivity contribution in [1.82, 2.24) is 15.0 Å². The molecule has 9 aromatic rings. The predicted octanol–water partition coefficient (Wildman–Crippen LogP) is 12.8. The molecule has 0 saturated carbocycles. The number of fused-ring (bicyclic) bond motifs is 9. The number of hydrogen-bond acceptors (Lipinski definition) is 4. The molecular weight excluding hydrogens is 671 g/mol. The van der Waals surface area contributed by atoms with Crippen LogP contribution in [0.15, 0.2) is 162 Å². The van der Waals surface area contributed by atoms with E-state index in [2.05, 4.69) is 141 Å². The lowest BCUT2D eigenvalue weighted by atomic mass is 9.80. The molecule has 2 aromatic heterocycles. The van der Waals surface area contributed by atoms with Gasteiger partial charge in [-0.2, -0.15) is 0 Å². The van der Waals surface area contributed by atoms with Crippen LogP contribution in [0.3, 0.4) is 0 Å². The first-order valence-electron chi connectivity index (χ1n) is 19.2. The Morgan fingerprint density at radius 3 is 2.02 bits per heavy atom. The van der Waals surface area contributed by atoms with E-state index in [0.717, 1.165) is 57.3 Å². The monoisotopic (exact) mass is 707 g/mol. The molecule has 0 aliphatic heterocycles. The average Bonchev–Trinajstić information content (AvgIpc) is 3.65. The number of benzene rings is 7. The number of hydrogen-bond donors (Lipinski definition) is 0. The summed E-state index contributed by atoms with van der Waals surface area (Å²) in [7, 11) is 0. The molecule has 11 rings (SSSR count). The van der Waals surface area contributed by atoms with Gasteiger partial charge in [0.15, 0.2) is 11.6 Å². The number of furan rings is 1. The molecule has 1 unspecified atom stereocenters. The Morgan fingerprint density at radius 1 is 0.509 bits per heavy atom. The number of nitrogens with zero attached hydrogens (tertiary/aromatic N) is 3. The molecule has 1 atom stereocenters. The van der Waals surface area contributed by atoms with Gasteiger partial charge in [-0.15, -0.1) is 0 Å². The Kier molecular flexibility index (Phi) is 7.06. The van der Waals surface area contributed by atoms with Gasteiger partial charge in [-0.25, -0.2) is 15.0 Å². The van der Waals surface area contributed by atoms with E-state index in [1.807, 2.05) is 30.3 Å². The van der Waals surface area contributed by atoms with Gasteiger partial charge in [0.05, 0.1) is 0 Å². The highest BCUT2D eigenvalue weighted by Gasteiger charge is 2.37. The van der Waals surface area contributed by atoms with Gasteiger partial charge in [0.25, 0.3) is 0 Å². The molecule has 0 radical (unpaired) electrons. The van der Waals surface area contributed by atoms with E-state index in [1.54, 1.807) is 0 Å². The van der Waals surface area contributed by atoms with Crippen molar-refractivity contribution in [1.29, 1.82) is 0 Å². The molecule has 0 amide bonds. The Morgan fingerprint density at radius 2 is 1.20 bits per heavy atom. The van der Waals surface area contributed by atoms with Gasteiger partial charge in [0.1, 0.15) is 17.0 Å². The minimum atomic E-state index is -0.0701. The lowest BCUT2D eigenvalue weighted by molar-refractivity contribution is 0.659. The van der Waals surface area contributed by atoms with Crippen molar-refractivity contribution in [3.8, 4) is 56.2 Å². The molecule has 2 heterocycles. The molecule has 0 saturated heterocycles. The first-order chi connectivity index (χ1) is 27.0. The number of aromatic nitrogens is 3. The topological polar surface area (TPSA) is 51.8 Å². The van der Waals surface area contributed by atoms with Gasteiger partial charge in [-0.3, -0.25) is 0 Å². The molecule has 55 heavy (non-hydrogen) atoms. The van der Waals surface area contributed by atoms with Crippen molar-refractivity contribution in [3.63, 3.8) is 0 Å². The fourth-order valence-corrected chi connectivity index (χ4v) is 9.24. The summed E-state index contributed by atoms with van der Waals surface area (Å²) >= 11 is 0. The fourth-order valence-electron chi connectivity index (χ4n) is 9.24. The van der Waals surface area contributed by atoms with Gasteiger partial charge in [-0.1, -0.05) is 147 Å². The van der Waals surface area contributed by atoms with Gasteiger partial charge >= 0.3 is 0 Å². The van der Waals surface area contributed by atoms with Crippen LogP contribution in [0.5, 0.6) is 0 Å². The molecule has 0 spiro atoms. The second-order valence-corrected chi connectivity index (χ2v) is 15.5. The van der Waals surface area contributed by atoms with Crippen LogP contribution >= 0.6 is 0 Å². The highest BCUT2D eigenvalue weighted by Crippen LogP contribution is 2.52. The van der Waals surface area contributed by atoms with Crippen molar-refractivity contribution >= 4 is 21.9 Å². The van der Waals surface area contributed by atoms with Crippen LogP contribution in [-0.2, 0) is 11.8 Å². The van der Waals surface area contributed by atoms with E-state index < -0.39 is 0 Å². The summed E-state index contributed by atoms with van der Waals surface area (Å²) in [4.78, 5) is 15.7. The van der Waals surface area contributed by atoms with E-state index in [1.165, 1.54) is 50.1 Å². The minimum Gasteiger partial charge on any atom is -0.456 e. The Labute approximate surface area is 320 Å². The molecule has 262 valence electrons. The maximum absolute atomic E-state index is 6.54. The Hall–Kier alpha value is -6.65. The summed E-state index contributed by atoms with van der Waals surface area (Å²) in [5.74, 6) is 2.09. The standard InChI is InChI=1S/C51H37N3O/c1-51(2)43-22-12-11-20-38(43)42-28-33-24-26-39(36-18-9-10-19-37(36)41(33)30-44(42)51)50-53-48(32-16-7-4-8-17-32)52-49(54-50)34-25-27-40-46(29-34)55-45-23-13-21-35(47(40)45)31-14-5-3-6-15-31/h3-23,25,27-30,39H,24,26H2,1-2H3. The molecule has 2 aliphatic carbocycles. The predicted molar refractivity (Wildman–Crippen MR) is 223 cm³/mol. The van der Waals surface area contributed by atoms with Crippen LogP contribution in [0.2, 0.25) is 0 Å². The zero-order chi connectivity index (χ0) is 36.7. The molecule has 0 N–H and O–H groups in total. The first-order valence-corrected chi connectivity index (χ1v) is 19.2. The highest BCUT2D eigenvalue weighted by atomic mass is 16.3. The summed E-state index contributed by atoms with van der Waals surface area (Å²) in [5, 5.41) is 2.19. The van der Waals surface area contributed by atoms with Gasteiger partial charge in [-0.05, 0) is 92.7 Å². The van der Waals surface area contributed by atoms with Crippen LogP contribution in [0.4, 0.5) is 0 Å². The van der Waals surface area contributed by atoms with Gasteiger partial charge in [0, 0.05) is 33.2 Å². The zero-order valence-electron chi connectivity index (χ0n) is 30.8. The van der Waals surface area contributed by atoms with Crippen LogP contribution in [0, 0.1) is 0 Å². The van der Waals surface area contributed by atoms with Crippen molar-refractivity contribution in [2.24, 2.45) is 0 Å². The molecule has 2 aliphatic rings. The van der Waals surface area contributed by atoms with Gasteiger partial charge in [0.2, 0.25) is 0 Å². The van der Waals surface area contributed by atoms with Crippen molar-refractivity contribution in [2.45, 2.75) is 38.0 Å². The van der Waals surface area contributed by atoms with Crippen molar-refractivity contribution < 1.29 is 4.42 Å². The fraction of sp³-hybridized carbons (Fsp3) is 0.118. The Bertz CT molecular complexity index is 2960. The Balaban J connectivity index is 1.06. The van der Waals surface area contributed by atoms with Crippen LogP contribution in [0.25, 0.3) is 78.1 Å². The summed E-state index contributed by atoms with van der Waals surface area (Å²) in [5.41, 5.74) is 16.5. The quantitative estimate of drug-likeness (QED) is 0.183. The summed E-state index contributed by atoms with van der Waals surface area (Å²) in [6.45, 7) is 4.72. The van der Waals surface area contributed by atoms with Crippen molar-refractivity contribution in [2.75, 3.05) is 0 Å². The smallest absolute Gasteiger partial charge is 0.163 e. The lowest BCUT2D eigenvalue weighted by Crippen LogP contribution is -2.15. The average molecular weight is 708 g/mol. The molecule has 4 nitrogen and oxygen atoms in total. The van der Waals surface area contributed by atoms with Crippen LogP contribution < -0.4 is 0 Å². The third-order valence-electron chi connectivity index (χ3n) is 12.0. The minimum absolute atomic E-state index is 0.0219. The van der Waals surface area contributed by atoms with E-state index in [-0.39, 0.29) is 11.3 Å². The zero-order valence-corrected chi connectivity index (χ0v) is 30.8. The summed E-state index contributed by atoms with van der Waals surface area (Å²) in [6, 6.07) is 56.2. The van der Waals surface area contributed by atoms with E-state index in [4.69, 9.17) is 19.4 Å². The number of rotatable bonds is 4. The lowest BCUT2D eigenvalue weighted by Gasteiger charge is -2.23. The van der Waals surface area contributed by atoms with E-state index >= 15 is 0 Å². The molecule has 7 aromatic carbocycles. The second-order valence-electron chi connectivity index (χ2n) is 15.5. The normalized spacial score (nSPS) is 15.3. The molecular formula is C51H37N3O. The van der Waals surface area contributed by atoms with Gasteiger partial charge < -0.3 is 4.42 Å². The summed E-state index contributed by atoms with van der Waals surface area (Å²) in [6.07, 6.45) is 1.80. The maximum Gasteiger partial charge on any atom is 0.163 e. The van der Waals surface area contributed by atoms with Crippen LogP contribution in [0.1, 0.15) is 54.3 Å².